The first-order valence-electron chi connectivity index (χ1n) is 9.83. The second-order valence-corrected chi connectivity index (χ2v) is 7.08. The summed E-state index contributed by atoms with van der Waals surface area (Å²) in [6.45, 7) is 3.43. The van der Waals surface area contributed by atoms with Gasteiger partial charge >= 0.3 is 5.97 Å². The predicted molar refractivity (Wildman–Crippen MR) is 114 cm³/mol. The minimum atomic E-state index is -0.420. The number of carbonyl (C=O) groups is 1. The van der Waals surface area contributed by atoms with Crippen LogP contribution in [0.5, 0.6) is 5.75 Å². The zero-order valence-corrected chi connectivity index (χ0v) is 17.2. The number of esters is 1. The quantitative estimate of drug-likeness (QED) is 0.653. The molecule has 0 saturated carbocycles. The molecule has 3 rings (SSSR count). The molecule has 158 valence electrons. The van der Waals surface area contributed by atoms with Gasteiger partial charge in [-0.05, 0) is 43.8 Å². The zero-order valence-electron chi connectivity index (χ0n) is 17.2. The van der Waals surface area contributed by atoms with E-state index in [4.69, 9.17) is 14.9 Å². The third-order valence-electron chi connectivity index (χ3n) is 4.70. The summed E-state index contributed by atoms with van der Waals surface area (Å²) >= 11 is 0. The first kappa shape index (κ1) is 21.5. The molecule has 1 saturated heterocycles. The Hall–Kier alpha value is -3.19. The molecule has 6 nitrogen and oxygen atoms in total. The lowest BCUT2D eigenvalue weighted by Gasteiger charge is -2.16. The zero-order chi connectivity index (χ0) is 21.5. The van der Waals surface area contributed by atoms with E-state index in [9.17, 15) is 9.18 Å². The summed E-state index contributed by atoms with van der Waals surface area (Å²) < 4.78 is 24.9. The summed E-state index contributed by atoms with van der Waals surface area (Å²) in [7, 11) is 1.94. The van der Waals surface area contributed by atoms with Crippen molar-refractivity contribution < 1.29 is 18.7 Å². The Kier molecular flexibility index (Phi) is 7.19. The van der Waals surface area contributed by atoms with Crippen LogP contribution in [0.25, 0.3) is 5.70 Å². The number of rotatable bonds is 8. The van der Waals surface area contributed by atoms with Gasteiger partial charge in [-0.15, -0.1) is 0 Å². The van der Waals surface area contributed by atoms with Crippen LogP contribution < -0.4 is 10.1 Å². The summed E-state index contributed by atoms with van der Waals surface area (Å²) in [6, 6.07) is 13.9. The molecule has 2 aromatic carbocycles. The van der Waals surface area contributed by atoms with E-state index in [2.05, 4.69) is 5.32 Å². The maximum Gasteiger partial charge on any atom is 0.344 e. The van der Waals surface area contributed by atoms with Crippen LogP contribution in [-0.4, -0.2) is 49.9 Å². The van der Waals surface area contributed by atoms with E-state index in [0.29, 0.717) is 49.0 Å². The van der Waals surface area contributed by atoms with Crippen LogP contribution in [0, 0.1) is 11.2 Å². The van der Waals surface area contributed by atoms with Gasteiger partial charge in [0.1, 0.15) is 11.6 Å². The van der Waals surface area contributed by atoms with Gasteiger partial charge in [-0.25, -0.2) is 9.18 Å². The maximum atomic E-state index is 14.5. The van der Waals surface area contributed by atoms with E-state index in [-0.39, 0.29) is 12.4 Å². The number of halogens is 1. The lowest BCUT2D eigenvalue weighted by Crippen LogP contribution is -2.18. The minimum absolute atomic E-state index is 0.154. The smallest absolute Gasteiger partial charge is 0.344 e. The standard InChI is InChI=1S/C23H26FN3O3/c1-3-29-22(28)15-30-17-8-6-7-16(11-17)12-26-23(18-9-4-5-10-20(18)24)19-13-27(2)14-21(19)25/h4-11,25-26H,3,12-15H2,1-2H3/b23-19-,25-21?. The molecule has 30 heavy (non-hydrogen) atoms. The monoisotopic (exact) mass is 411 g/mol. The number of likely N-dealkylation sites (N-methyl/N-ethyl adjacent to an activating group) is 1. The number of hydrogen-bond donors (Lipinski definition) is 2. The highest BCUT2D eigenvalue weighted by Crippen LogP contribution is 2.24. The van der Waals surface area contributed by atoms with Crippen molar-refractivity contribution in [3.8, 4) is 5.75 Å². The Balaban J connectivity index is 1.78. The molecule has 0 atom stereocenters. The molecule has 0 amide bonds. The molecule has 1 aliphatic heterocycles. The first-order valence-corrected chi connectivity index (χ1v) is 9.83. The second-order valence-electron chi connectivity index (χ2n) is 7.08. The average molecular weight is 411 g/mol. The summed E-state index contributed by atoms with van der Waals surface area (Å²) in [4.78, 5) is 13.5. The summed E-state index contributed by atoms with van der Waals surface area (Å²) in [5, 5.41) is 11.6. The van der Waals surface area contributed by atoms with Gasteiger partial charge in [0.25, 0.3) is 0 Å². The largest absolute Gasteiger partial charge is 0.482 e. The van der Waals surface area contributed by atoms with Crippen LogP contribution in [-0.2, 0) is 16.1 Å². The number of benzene rings is 2. The summed E-state index contributed by atoms with van der Waals surface area (Å²) in [6.07, 6.45) is 0. The number of ether oxygens (including phenoxy) is 2. The number of nitrogens with one attached hydrogen (secondary N) is 2. The van der Waals surface area contributed by atoms with Gasteiger partial charge in [-0.1, -0.05) is 24.3 Å². The van der Waals surface area contributed by atoms with Crippen molar-refractivity contribution in [2.45, 2.75) is 13.5 Å². The normalized spacial score (nSPS) is 15.8. The Morgan fingerprint density at radius 3 is 2.70 bits per heavy atom. The van der Waals surface area contributed by atoms with E-state index >= 15 is 0 Å². The lowest BCUT2D eigenvalue weighted by atomic mass is 10.0. The Morgan fingerprint density at radius 2 is 2.00 bits per heavy atom. The molecule has 1 aliphatic rings. The number of hydrogen-bond acceptors (Lipinski definition) is 6. The highest BCUT2D eigenvalue weighted by Gasteiger charge is 2.24. The van der Waals surface area contributed by atoms with Gasteiger partial charge in [0.05, 0.1) is 18.0 Å². The fraction of sp³-hybridized carbons (Fsp3) is 0.304. The van der Waals surface area contributed by atoms with Crippen LogP contribution in [0.4, 0.5) is 4.39 Å². The van der Waals surface area contributed by atoms with E-state index in [1.807, 2.05) is 30.1 Å². The fourth-order valence-corrected chi connectivity index (χ4v) is 3.33. The van der Waals surface area contributed by atoms with Crippen molar-refractivity contribution in [1.82, 2.24) is 10.2 Å². The van der Waals surface area contributed by atoms with Crippen LogP contribution >= 0.6 is 0 Å². The molecule has 0 bridgehead atoms. The highest BCUT2D eigenvalue weighted by molar-refractivity contribution is 6.07. The van der Waals surface area contributed by atoms with Gasteiger partial charge in [-0.3, -0.25) is 4.90 Å². The van der Waals surface area contributed by atoms with Crippen molar-refractivity contribution in [2.24, 2.45) is 0 Å². The molecule has 0 spiro atoms. The van der Waals surface area contributed by atoms with E-state index in [0.717, 1.165) is 11.1 Å². The molecule has 0 unspecified atom stereocenters. The maximum absolute atomic E-state index is 14.5. The predicted octanol–water partition coefficient (Wildman–Crippen LogP) is 3.23. The average Bonchev–Trinajstić information content (AvgIpc) is 3.06. The van der Waals surface area contributed by atoms with Crippen molar-refractivity contribution in [3.05, 3.63) is 71.0 Å². The SMILES string of the molecule is CCOC(=O)COc1cccc(CN/C(=C2/CN(C)CC2=N)c2ccccc2F)c1. The third-order valence-corrected chi connectivity index (χ3v) is 4.70. The highest BCUT2D eigenvalue weighted by atomic mass is 19.1. The van der Waals surface area contributed by atoms with Crippen molar-refractivity contribution in [2.75, 3.05) is 33.4 Å². The molecule has 1 heterocycles. The molecule has 0 radical (unpaired) electrons. The molecule has 1 fully saturated rings. The number of carbonyl (C=O) groups excluding carboxylic acids is 1. The van der Waals surface area contributed by atoms with Crippen molar-refractivity contribution >= 4 is 17.4 Å². The van der Waals surface area contributed by atoms with Crippen molar-refractivity contribution in [1.29, 1.82) is 5.41 Å². The van der Waals surface area contributed by atoms with Gasteiger partial charge in [0, 0.05) is 30.8 Å². The summed E-state index contributed by atoms with van der Waals surface area (Å²) in [5.41, 5.74) is 3.25. The molecule has 2 N–H and O–H groups in total. The molecule has 0 aliphatic carbocycles. The summed E-state index contributed by atoms with van der Waals surface area (Å²) in [5.74, 6) is -0.200. The Morgan fingerprint density at radius 1 is 1.20 bits per heavy atom. The second kappa shape index (κ2) is 10.0. The lowest BCUT2D eigenvalue weighted by molar-refractivity contribution is -0.145. The van der Waals surface area contributed by atoms with Crippen LogP contribution in [0.2, 0.25) is 0 Å². The molecule has 7 heteroatoms. The van der Waals surface area contributed by atoms with E-state index in [1.54, 1.807) is 31.2 Å². The van der Waals surface area contributed by atoms with Crippen LogP contribution in [0.3, 0.4) is 0 Å². The Bertz CT molecular complexity index is 958. The molecular weight excluding hydrogens is 385 g/mol. The van der Waals surface area contributed by atoms with E-state index in [1.165, 1.54) is 6.07 Å². The third kappa shape index (κ3) is 5.45. The van der Waals surface area contributed by atoms with Gasteiger partial charge < -0.3 is 20.2 Å². The van der Waals surface area contributed by atoms with Gasteiger partial charge in [0.2, 0.25) is 0 Å². The topological polar surface area (TPSA) is 74.7 Å². The van der Waals surface area contributed by atoms with Crippen LogP contribution in [0.15, 0.2) is 54.1 Å². The Labute approximate surface area is 175 Å². The van der Waals surface area contributed by atoms with Gasteiger partial charge in [0.15, 0.2) is 6.61 Å². The number of nitrogens with zero attached hydrogens (tertiary/aromatic N) is 1. The molecule has 0 aromatic heterocycles. The van der Waals surface area contributed by atoms with E-state index < -0.39 is 5.97 Å². The number of likely N-dealkylation sites (tertiary alicyclic amines) is 1. The van der Waals surface area contributed by atoms with Crippen LogP contribution in [0.1, 0.15) is 18.1 Å². The molecule has 2 aromatic rings. The fourth-order valence-electron chi connectivity index (χ4n) is 3.33. The molecular formula is C23H26FN3O3. The van der Waals surface area contributed by atoms with Gasteiger partial charge in [-0.2, -0.15) is 0 Å². The minimum Gasteiger partial charge on any atom is -0.482 e. The first-order chi connectivity index (χ1) is 14.5. The van der Waals surface area contributed by atoms with Crippen molar-refractivity contribution in [3.63, 3.8) is 0 Å².